The molecular formula is C18H18N2O7. The fourth-order valence-corrected chi connectivity index (χ4v) is 2.15. The zero-order valence-corrected chi connectivity index (χ0v) is 14.8. The molecule has 9 nitrogen and oxygen atoms in total. The first-order chi connectivity index (χ1) is 12.9. The first-order valence-electron chi connectivity index (χ1n) is 7.97. The molecule has 0 aliphatic rings. The first-order valence-corrected chi connectivity index (χ1v) is 7.97. The standard InChI is InChI=1S/C18H18N2O7/c1-3-26-14-7-4-12(5-8-14)18(22)27-11-17(21)19-15-9-6-13(20(23)24)10-16(15)25-2/h4-10H,3,11H2,1-2H3,(H,19,21). The largest absolute Gasteiger partial charge is 0.494 e. The maximum absolute atomic E-state index is 12.0. The fourth-order valence-electron chi connectivity index (χ4n) is 2.15. The number of non-ortho nitro benzene ring substituents is 1. The van der Waals surface area contributed by atoms with Crippen molar-refractivity contribution in [3.63, 3.8) is 0 Å². The maximum atomic E-state index is 12.0. The minimum absolute atomic E-state index is 0.121. The molecule has 0 bridgehead atoms. The van der Waals surface area contributed by atoms with Crippen LogP contribution >= 0.6 is 0 Å². The van der Waals surface area contributed by atoms with E-state index in [-0.39, 0.29) is 22.7 Å². The van der Waals surface area contributed by atoms with E-state index >= 15 is 0 Å². The average molecular weight is 374 g/mol. The van der Waals surface area contributed by atoms with Gasteiger partial charge in [0.2, 0.25) is 0 Å². The Hall–Kier alpha value is -3.62. The first kappa shape index (κ1) is 19.7. The lowest BCUT2D eigenvalue weighted by molar-refractivity contribution is -0.384. The minimum atomic E-state index is -0.663. The van der Waals surface area contributed by atoms with Crippen LogP contribution in [-0.4, -0.2) is 37.1 Å². The van der Waals surface area contributed by atoms with Crippen LogP contribution in [0.1, 0.15) is 17.3 Å². The number of hydrogen-bond acceptors (Lipinski definition) is 7. The summed E-state index contributed by atoms with van der Waals surface area (Å²) in [6.45, 7) is 1.84. The number of anilines is 1. The summed E-state index contributed by atoms with van der Waals surface area (Å²) in [7, 11) is 1.32. The van der Waals surface area contributed by atoms with Crippen molar-refractivity contribution in [1.29, 1.82) is 0 Å². The third-order valence-electron chi connectivity index (χ3n) is 3.41. The summed E-state index contributed by atoms with van der Waals surface area (Å²) in [6, 6.07) is 10.1. The Bertz CT molecular complexity index is 834. The van der Waals surface area contributed by atoms with Crippen LogP contribution in [0.4, 0.5) is 11.4 Å². The van der Waals surface area contributed by atoms with Gasteiger partial charge in [0.05, 0.1) is 36.0 Å². The van der Waals surface area contributed by atoms with Gasteiger partial charge in [-0.1, -0.05) is 0 Å². The number of nitrogens with zero attached hydrogens (tertiary/aromatic N) is 1. The molecular weight excluding hydrogens is 356 g/mol. The highest BCUT2D eigenvalue weighted by molar-refractivity contribution is 5.96. The Morgan fingerprint density at radius 3 is 2.44 bits per heavy atom. The van der Waals surface area contributed by atoms with Gasteiger partial charge in [0.25, 0.3) is 11.6 Å². The van der Waals surface area contributed by atoms with E-state index in [1.807, 2.05) is 6.92 Å². The van der Waals surface area contributed by atoms with Crippen molar-refractivity contribution in [3.8, 4) is 11.5 Å². The lowest BCUT2D eigenvalue weighted by Crippen LogP contribution is -2.21. The number of ether oxygens (including phenoxy) is 3. The van der Waals surface area contributed by atoms with Gasteiger partial charge in [-0.3, -0.25) is 14.9 Å². The van der Waals surface area contributed by atoms with Crippen LogP contribution in [0.25, 0.3) is 0 Å². The summed E-state index contributed by atoms with van der Waals surface area (Å²) < 4.78 is 15.3. The van der Waals surface area contributed by atoms with Crippen molar-refractivity contribution in [2.45, 2.75) is 6.92 Å². The molecule has 0 aliphatic heterocycles. The van der Waals surface area contributed by atoms with E-state index < -0.39 is 23.4 Å². The second-order valence-corrected chi connectivity index (χ2v) is 5.22. The number of carbonyl (C=O) groups excluding carboxylic acids is 2. The highest BCUT2D eigenvalue weighted by Gasteiger charge is 2.15. The van der Waals surface area contributed by atoms with Crippen molar-refractivity contribution in [2.75, 3.05) is 25.6 Å². The van der Waals surface area contributed by atoms with E-state index in [2.05, 4.69) is 5.32 Å². The van der Waals surface area contributed by atoms with E-state index in [1.165, 1.54) is 37.4 Å². The van der Waals surface area contributed by atoms with Gasteiger partial charge in [-0.25, -0.2) is 4.79 Å². The summed E-state index contributed by atoms with van der Waals surface area (Å²) in [4.78, 5) is 34.1. The number of nitro benzene ring substituents is 1. The molecule has 2 aromatic carbocycles. The van der Waals surface area contributed by atoms with E-state index in [9.17, 15) is 19.7 Å². The van der Waals surface area contributed by atoms with Gasteiger partial charge in [0.15, 0.2) is 6.61 Å². The Balaban J connectivity index is 1.94. The quantitative estimate of drug-likeness (QED) is 0.429. The van der Waals surface area contributed by atoms with Gasteiger partial charge in [0.1, 0.15) is 11.5 Å². The number of nitrogens with one attached hydrogen (secondary N) is 1. The zero-order valence-electron chi connectivity index (χ0n) is 14.8. The second kappa shape index (κ2) is 9.18. The Morgan fingerprint density at radius 1 is 1.15 bits per heavy atom. The number of amides is 1. The molecule has 1 amide bonds. The number of methoxy groups -OCH3 is 1. The van der Waals surface area contributed by atoms with E-state index in [4.69, 9.17) is 14.2 Å². The summed E-state index contributed by atoms with van der Waals surface area (Å²) >= 11 is 0. The van der Waals surface area contributed by atoms with E-state index in [1.54, 1.807) is 12.1 Å². The molecule has 1 N–H and O–H groups in total. The van der Waals surface area contributed by atoms with Crippen molar-refractivity contribution in [3.05, 3.63) is 58.1 Å². The number of carbonyl (C=O) groups is 2. The summed E-state index contributed by atoms with van der Waals surface area (Å²) in [5.74, 6) is -0.530. The lowest BCUT2D eigenvalue weighted by atomic mass is 10.2. The fraction of sp³-hybridized carbons (Fsp3) is 0.222. The monoisotopic (exact) mass is 374 g/mol. The third-order valence-corrected chi connectivity index (χ3v) is 3.41. The zero-order chi connectivity index (χ0) is 19.8. The molecule has 27 heavy (non-hydrogen) atoms. The molecule has 0 unspecified atom stereocenters. The van der Waals surface area contributed by atoms with Crippen molar-refractivity contribution in [1.82, 2.24) is 0 Å². The number of hydrogen-bond donors (Lipinski definition) is 1. The molecule has 2 rings (SSSR count). The molecule has 2 aromatic rings. The van der Waals surface area contributed by atoms with E-state index in [0.717, 1.165) is 0 Å². The maximum Gasteiger partial charge on any atom is 0.338 e. The number of nitro groups is 1. The van der Waals surface area contributed by atoms with Gasteiger partial charge in [-0.05, 0) is 37.3 Å². The SMILES string of the molecule is CCOc1ccc(C(=O)OCC(=O)Nc2ccc([N+](=O)[O-])cc2OC)cc1. The Kier molecular flexibility index (Phi) is 6.70. The smallest absolute Gasteiger partial charge is 0.338 e. The number of rotatable bonds is 8. The van der Waals surface area contributed by atoms with Crippen molar-refractivity contribution in [2.24, 2.45) is 0 Å². The summed E-state index contributed by atoms with van der Waals surface area (Å²) in [5.41, 5.74) is 0.330. The number of esters is 1. The van der Waals surface area contributed by atoms with Crippen LogP contribution in [0.3, 0.4) is 0 Å². The lowest BCUT2D eigenvalue weighted by Gasteiger charge is -2.10. The molecule has 0 aliphatic carbocycles. The molecule has 0 saturated heterocycles. The predicted octanol–water partition coefficient (Wildman–Crippen LogP) is 2.80. The Labute approximate surface area is 155 Å². The van der Waals surface area contributed by atoms with Crippen LogP contribution in [0, 0.1) is 10.1 Å². The van der Waals surface area contributed by atoms with Crippen LogP contribution in [0.2, 0.25) is 0 Å². The van der Waals surface area contributed by atoms with Crippen LogP contribution in [-0.2, 0) is 9.53 Å². The van der Waals surface area contributed by atoms with Crippen LogP contribution in [0.15, 0.2) is 42.5 Å². The summed E-state index contributed by atoms with van der Waals surface area (Å²) in [5, 5.41) is 13.2. The van der Waals surface area contributed by atoms with Gasteiger partial charge < -0.3 is 19.5 Å². The normalized spacial score (nSPS) is 10.0. The van der Waals surface area contributed by atoms with Crippen molar-refractivity contribution >= 4 is 23.3 Å². The molecule has 0 heterocycles. The third kappa shape index (κ3) is 5.43. The van der Waals surface area contributed by atoms with E-state index in [0.29, 0.717) is 12.4 Å². The van der Waals surface area contributed by atoms with Crippen LogP contribution in [0.5, 0.6) is 11.5 Å². The predicted molar refractivity (Wildman–Crippen MR) is 96.2 cm³/mol. The van der Waals surface area contributed by atoms with Gasteiger partial charge in [0, 0.05) is 6.07 Å². The summed E-state index contributed by atoms with van der Waals surface area (Å²) in [6.07, 6.45) is 0. The average Bonchev–Trinajstić information content (AvgIpc) is 2.67. The highest BCUT2D eigenvalue weighted by Crippen LogP contribution is 2.28. The highest BCUT2D eigenvalue weighted by atomic mass is 16.6. The van der Waals surface area contributed by atoms with Crippen LogP contribution < -0.4 is 14.8 Å². The topological polar surface area (TPSA) is 117 Å². The molecule has 0 fully saturated rings. The molecule has 0 saturated carbocycles. The van der Waals surface area contributed by atoms with Gasteiger partial charge in [-0.15, -0.1) is 0 Å². The molecule has 0 aromatic heterocycles. The molecule has 0 spiro atoms. The second-order valence-electron chi connectivity index (χ2n) is 5.22. The minimum Gasteiger partial charge on any atom is -0.494 e. The Morgan fingerprint density at radius 2 is 1.85 bits per heavy atom. The molecule has 142 valence electrons. The molecule has 0 atom stereocenters. The number of benzene rings is 2. The molecule has 9 heteroatoms. The molecule has 0 radical (unpaired) electrons. The van der Waals surface area contributed by atoms with Crippen molar-refractivity contribution < 1.29 is 28.7 Å². The van der Waals surface area contributed by atoms with Gasteiger partial charge >= 0.3 is 5.97 Å². The van der Waals surface area contributed by atoms with Gasteiger partial charge in [-0.2, -0.15) is 0 Å².